The van der Waals surface area contributed by atoms with E-state index in [0.29, 0.717) is 0 Å². The third-order valence-corrected chi connectivity index (χ3v) is 3.86. The van der Waals surface area contributed by atoms with Crippen molar-refractivity contribution in [3.05, 3.63) is 39.9 Å². The van der Waals surface area contributed by atoms with Gasteiger partial charge in [0.05, 0.1) is 22.5 Å². The number of non-ortho nitro benzene ring substituents is 1. The maximum absolute atomic E-state index is 10.6. The Morgan fingerprint density at radius 2 is 1.90 bits per heavy atom. The Hall–Kier alpha value is -1.25. The van der Waals surface area contributed by atoms with Gasteiger partial charge in [0.1, 0.15) is 6.10 Å². The summed E-state index contributed by atoms with van der Waals surface area (Å²) in [6.45, 7) is 1.50. The zero-order valence-corrected chi connectivity index (χ0v) is 11.3. The SMILES string of the molecule is C[C@@H]1O[C@@](O)(c2ccc([N+](=O)[O-])cc2)[C@@H](O)[C@@H](Cl)[C@@H]1O. The highest BCUT2D eigenvalue weighted by atomic mass is 35.5. The average molecular weight is 304 g/mol. The Bertz CT molecular complexity index is 509. The lowest BCUT2D eigenvalue weighted by Gasteiger charge is -2.44. The van der Waals surface area contributed by atoms with Crippen LogP contribution in [0.1, 0.15) is 12.5 Å². The Balaban J connectivity index is 2.36. The van der Waals surface area contributed by atoms with Gasteiger partial charge in [0.2, 0.25) is 5.79 Å². The average Bonchev–Trinajstić information content (AvgIpc) is 2.43. The van der Waals surface area contributed by atoms with Gasteiger partial charge in [-0.3, -0.25) is 10.1 Å². The lowest BCUT2D eigenvalue weighted by Crippen LogP contribution is -2.60. The van der Waals surface area contributed by atoms with Crippen molar-refractivity contribution >= 4 is 17.3 Å². The van der Waals surface area contributed by atoms with Crippen molar-refractivity contribution < 1.29 is 25.0 Å². The molecule has 2 rings (SSSR count). The second kappa shape index (κ2) is 5.27. The number of aliphatic hydroxyl groups excluding tert-OH is 2. The molecule has 0 spiro atoms. The number of alkyl halides is 1. The maximum atomic E-state index is 10.6. The highest BCUT2D eigenvalue weighted by molar-refractivity contribution is 6.21. The van der Waals surface area contributed by atoms with Crippen molar-refractivity contribution in [2.75, 3.05) is 0 Å². The smallest absolute Gasteiger partial charge is 0.269 e. The molecule has 8 heteroatoms. The van der Waals surface area contributed by atoms with E-state index in [9.17, 15) is 25.4 Å². The first-order chi connectivity index (χ1) is 9.27. The molecule has 0 aliphatic carbocycles. The monoisotopic (exact) mass is 303 g/mol. The van der Waals surface area contributed by atoms with E-state index in [1.165, 1.54) is 31.2 Å². The number of nitro benzene ring substituents is 1. The van der Waals surface area contributed by atoms with Crippen molar-refractivity contribution in [2.24, 2.45) is 0 Å². The van der Waals surface area contributed by atoms with Gasteiger partial charge in [-0.15, -0.1) is 11.6 Å². The highest BCUT2D eigenvalue weighted by Gasteiger charge is 2.52. The highest BCUT2D eigenvalue weighted by Crippen LogP contribution is 2.38. The summed E-state index contributed by atoms with van der Waals surface area (Å²) < 4.78 is 5.26. The van der Waals surface area contributed by atoms with Gasteiger partial charge in [0.15, 0.2) is 0 Å². The predicted octanol–water partition coefficient (Wildman–Crippen LogP) is 0.488. The van der Waals surface area contributed by atoms with Crippen LogP contribution in [-0.2, 0) is 10.5 Å². The molecule has 1 aliphatic rings. The Morgan fingerprint density at radius 3 is 2.40 bits per heavy atom. The first kappa shape index (κ1) is 15.1. The number of benzene rings is 1. The maximum Gasteiger partial charge on any atom is 0.269 e. The molecule has 5 atom stereocenters. The molecule has 1 aromatic rings. The summed E-state index contributed by atoms with van der Waals surface area (Å²) >= 11 is 5.88. The van der Waals surface area contributed by atoms with Gasteiger partial charge in [-0.2, -0.15) is 0 Å². The molecule has 110 valence electrons. The molecular weight excluding hydrogens is 290 g/mol. The standard InChI is InChI=1S/C12H14ClNO6/c1-6-10(15)9(13)11(16)12(17,20-6)7-2-4-8(5-3-7)14(18)19/h2-6,9-11,15-17H,1H3/t6-,9-,10+,11-,12-/m0/s1. The second-order valence-electron chi connectivity index (χ2n) is 4.70. The van der Waals surface area contributed by atoms with E-state index in [1.807, 2.05) is 0 Å². The molecule has 1 fully saturated rings. The van der Waals surface area contributed by atoms with Crippen LogP contribution in [0.4, 0.5) is 5.69 Å². The zero-order chi connectivity index (χ0) is 15.1. The number of hydrogen-bond donors (Lipinski definition) is 3. The topological polar surface area (TPSA) is 113 Å². The fourth-order valence-electron chi connectivity index (χ4n) is 2.15. The summed E-state index contributed by atoms with van der Waals surface area (Å²) in [5, 5.41) is 39.6. The summed E-state index contributed by atoms with van der Waals surface area (Å²) in [5.41, 5.74) is -0.0295. The summed E-state index contributed by atoms with van der Waals surface area (Å²) in [7, 11) is 0. The minimum absolute atomic E-state index is 0.125. The lowest BCUT2D eigenvalue weighted by molar-refractivity contribution is -0.385. The summed E-state index contributed by atoms with van der Waals surface area (Å²) in [6.07, 6.45) is -3.51. The fourth-order valence-corrected chi connectivity index (χ4v) is 2.52. The van der Waals surface area contributed by atoms with Crippen LogP contribution < -0.4 is 0 Å². The van der Waals surface area contributed by atoms with Gasteiger partial charge in [0, 0.05) is 17.7 Å². The molecule has 7 nitrogen and oxygen atoms in total. The zero-order valence-electron chi connectivity index (χ0n) is 10.5. The predicted molar refractivity (Wildman–Crippen MR) is 69.2 cm³/mol. The molecule has 1 heterocycles. The number of ether oxygens (including phenoxy) is 1. The summed E-state index contributed by atoms with van der Waals surface area (Å²) in [4.78, 5) is 10.0. The van der Waals surface area contributed by atoms with Crippen molar-refractivity contribution in [3.8, 4) is 0 Å². The molecule has 1 saturated heterocycles. The Morgan fingerprint density at radius 1 is 1.35 bits per heavy atom. The van der Waals surface area contributed by atoms with E-state index in [0.717, 1.165) is 0 Å². The molecule has 20 heavy (non-hydrogen) atoms. The van der Waals surface area contributed by atoms with Crippen molar-refractivity contribution in [1.29, 1.82) is 0 Å². The van der Waals surface area contributed by atoms with Gasteiger partial charge >= 0.3 is 0 Å². The number of nitrogens with zero attached hydrogens (tertiary/aromatic N) is 1. The molecule has 0 radical (unpaired) electrons. The largest absolute Gasteiger partial charge is 0.389 e. The molecule has 0 bridgehead atoms. The van der Waals surface area contributed by atoms with Crippen LogP contribution in [0.25, 0.3) is 0 Å². The first-order valence-electron chi connectivity index (χ1n) is 5.92. The van der Waals surface area contributed by atoms with Gasteiger partial charge in [0.25, 0.3) is 5.69 Å². The van der Waals surface area contributed by atoms with Gasteiger partial charge < -0.3 is 20.1 Å². The summed E-state index contributed by atoms with van der Waals surface area (Å²) in [6, 6.07) is 4.91. The number of aliphatic hydroxyl groups is 3. The molecule has 0 amide bonds. The normalized spacial score (nSPS) is 37.6. The van der Waals surface area contributed by atoms with Crippen LogP contribution in [0.3, 0.4) is 0 Å². The molecule has 1 aromatic carbocycles. The fraction of sp³-hybridized carbons (Fsp3) is 0.500. The van der Waals surface area contributed by atoms with E-state index in [4.69, 9.17) is 16.3 Å². The van der Waals surface area contributed by atoms with Crippen LogP contribution in [0.15, 0.2) is 24.3 Å². The van der Waals surface area contributed by atoms with E-state index in [-0.39, 0.29) is 11.3 Å². The molecular formula is C12H14ClNO6. The number of nitro groups is 1. The van der Waals surface area contributed by atoms with Crippen LogP contribution >= 0.6 is 11.6 Å². The second-order valence-corrected chi connectivity index (χ2v) is 5.21. The van der Waals surface area contributed by atoms with Gasteiger partial charge in [-0.1, -0.05) is 0 Å². The van der Waals surface area contributed by atoms with Gasteiger partial charge in [-0.05, 0) is 19.1 Å². The third kappa shape index (κ3) is 2.38. The van der Waals surface area contributed by atoms with Crippen molar-refractivity contribution in [1.82, 2.24) is 0 Å². The van der Waals surface area contributed by atoms with Crippen LogP contribution in [0.2, 0.25) is 0 Å². The Labute approximate surface area is 119 Å². The van der Waals surface area contributed by atoms with Crippen molar-refractivity contribution in [3.63, 3.8) is 0 Å². The number of rotatable bonds is 2. The molecule has 3 N–H and O–H groups in total. The van der Waals surface area contributed by atoms with Crippen LogP contribution in [-0.4, -0.2) is 43.9 Å². The minimum Gasteiger partial charge on any atom is -0.389 e. The molecule has 0 aromatic heterocycles. The Kier molecular flexibility index (Phi) is 3.99. The van der Waals surface area contributed by atoms with E-state index >= 15 is 0 Å². The summed E-state index contributed by atoms with van der Waals surface area (Å²) in [5.74, 6) is -2.12. The third-order valence-electron chi connectivity index (χ3n) is 3.37. The van der Waals surface area contributed by atoms with Gasteiger partial charge in [-0.25, -0.2) is 0 Å². The molecule has 0 unspecified atom stereocenters. The number of hydrogen-bond acceptors (Lipinski definition) is 6. The van der Waals surface area contributed by atoms with Crippen molar-refractivity contribution in [2.45, 2.75) is 36.4 Å². The van der Waals surface area contributed by atoms with E-state index in [2.05, 4.69) is 0 Å². The van der Waals surface area contributed by atoms with E-state index < -0.39 is 34.4 Å². The van der Waals surface area contributed by atoms with Crippen LogP contribution in [0.5, 0.6) is 0 Å². The molecule has 0 saturated carbocycles. The first-order valence-corrected chi connectivity index (χ1v) is 6.36. The van der Waals surface area contributed by atoms with E-state index in [1.54, 1.807) is 0 Å². The molecule has 1 aliphatic heterocycles. The quantitative estimate of drug-likeness (QED) is 0.416. The minimum atomic E-state index is -2.12. The number of halogens is 1. The van der Waals surface area contributed by atoms with Crippen LogP contribution in [0, 0.1) is 10.1 Å². The lowest BCUT2D eigenvalue weighted by atomic mass is 9.90.